The molecule has 0 radical (unpaired) electrons. The van der Waals surface area contributed by atoms with Crippen molar-refractivity contribution in [1.29, 1.82) is 0 Å². The van der Waals surface area contributed by atoms with Crippen molar-refractivity contribution in [1.82, 2.24) is 9.30 Å². The van der Waals surface area contributed by atoms with E-state index in [0.29, 0.717) is 18.8 Å². The van der Waals surface area contributed by atoms with Gasteiger partial charge in [0.05, 0.1) is 32.0 Å². The van der Waals surface area contributed by atoms with E-state index in [1.54, 1.807) is 7.11 Å². The molecule has 176 valence electrons. The van der Waals surface area contributed by atoms with Crippen LogP contribution in [0.4, 0.5) is 0 Å². The zero-order valence-electron chi connectivity index (χ0n) is 20.0. The van der Waals surface area contributed by atoms with Crippen LogP contribution < -0.4 is 4.74 Å². The summed E-state index contributed by atoms with van der Waals surface area (Å²) < 4.78 is 13.1. The zero-order chi connectivity index (χ0) is 23.5. The first-order chi connectivity index (χ1) is 15.9. The first-order valence-corrected chi connectivity index (χ1v) is 11.4. The predicted molar refractivity (Wildman–Crippen MR) is 127 cm³/mol. The minimum Gasteiger partial charge on any atom is -0.497 e. The van der Waals surface area contributed by atoms with Crippen molar-refractivity contribution >= 4 is 11.5 Å². The summed E-state index contributed by atoms with van der Waals surface area (Å²) >= 11 is 0. The van der Waals surface area contributed by atoms with E-state index in [-0.39, 0.29) is 12.1 Å². The number of fused-ring (bicyclic) bond motifs is 1. The summed E-state index contributed by atoms with van der Waals surface area (Å²) in [4.78, 5) is 25.6. The summed E-state index contributed by atoms with van der Waals surface area (Å²) in [6.07, 6.45) is 1.92. The Hall–Kier alpha value is -2.87. The van der Waals surface area contributed by atoms with Gasteiger partial charge in [0, 0.05) is 42.1 Å². The molecule has 0 bridgehead atoms. The normalized spacial score (nSPS) is 15.7. The van der Waals surface area contributed by atoms with Gasteiger partial charge in [-0.25, -0.2) is 4.79 Å². The fourth-order valence-corrected chi connectivity index (χ4v) is 4.38. The van der Waals surface area contributed by atoms with E-state index in [1.807, 2.05) is 45.0 Å². The van der Waals surface area contributed by atoms with Gasteiger partial charge in [-0.15, -0.1) is 0 Å². The Morgan fingerprint density at radius 2 is 1.82 bits per heavy atom. The van der Waals surface area contributed by atoms with Gasteiger partial charge in [-0.3, -0.25) is 9.79 Å². The van der Waals surface area contributed by atoms with Crippen LogP contribution in [0.1, 0.15) is 48.4 Å². The van der Waals surface area contributed by atoms with E-state index in [9.17, 15) is 4.79 Å². The van der Waals surface area contributed by atoms with E-state index >= 15 is 0 Å². The number of pyridine rings is 1. The van der Waals surface area contributed by atoms with Gasteiger partial charge in [-0.2, -0.15) is 4.89 Å². The van der Waals surface area contributed by atoms with Crippen molar-refractivity contribution in [3.8, 4) is 16.9 Å². The fraction of sp³-hybridized carbons (Fsp3) is 0.423. The lowest BCUT2D eigenvalue weighted by molar-refractivity contribution is -0.265. The molecular weight excluding hydrogens is 420 g/mol. The highest BCUT2D eigenvalue weighted by Gasteiger charge is 2.26. The van der Waals surface area contributed by atoms with Crippen LogP contribution in [-0.4, -0.2) is 54.8 Å². The molecular formula is C26H32N2O5. The first kappa shape index (κ1) is 23.3. The lowest BCUT2D eigenvalue weighted by Crippen LogP contribution is -2.39. The minimum absolute atomic E-state index is 0.0840. The molecule has 1 aromatic carbocycles. The number of benzene rings is 1. The number of hydrogen-bond donors (Lipinski definition) is 0. The van der Waals surface area contributed by atoms with Gasteiger partial charge < -0.3 is 13.9 Å². The maximum Gasteiger partial charge on any atom is 0.373 e. The second-order valence-corrected chi connectivity index (χ2v) is 8.66. The Bertz CT molecular complexity index is 1130. The number of rotatable bonds is 7. The van der Waals surface area contributed by atoms with Crippen LogP contribution in [0.5, 0.6) is 5.75 Å². The molecule has 1 aliphatic heterocycles. The molecule has 1 aliphatic rings. The van der Waals surface area contributed by atoms with Crippen molar-refractivity contribution in [3.05, 3.63) is 59.4 Å². The molecule has 0 N–H and O–H groups in total. The summed E-state index contributed by atoms with van der Waals surface area (Å²) in [6, 6.07) is 12.0. The molecule has 1 saturated heterocycles. The number of carbonyl (C=O) groups excluding carboxylic acids is 1. The van der Waals surface area contributed by atoms with Gasteiger partial charge in [0.15, 0.2) is 0 Å². The van der Waals surface area contributed by atoms with E-state index < -0.39 is 5.97 Å². The quantitative estimate of drug-likeness (QED) is 0.379. The molecule has 3 heterocycles. The second kappa shape index (κ2) is 9.95. The Morgan fingerprint density at radius 1 is 1.06 bits per heavy atom. The highest BCUT2D eigenvalue weighted by molar-refractivity contribution is 5.93. The number of nitrogens with zero attached hydrogens (tertiary/aromatic N) is 2. The van der Waals surface area contributed by atoms with Crippen LogP contribution in [-0.2, 0) is 14.5 Å². The SMILES string of the molecule is COc1cccc(-c2cc3cc(C(=O)OOC(C)C)c(C)c(C(C)N4CCOCC4)n3c2)c1. The highest BCUT2D eigenvalue weighted by Crippen LogP contribution is 2.33. The summed E-state index contributed by atoms with van der Waals surface area (Å²) in [5.74, 6) is 0.319. The molecule has 1 fully saturated rings. The Morgan fingerprint density at radius 3 is 2.52 bits per heavy atom. The molecule has 4 rings (SSSR count). The number of hydrogen-bond acceptors (Lipinski definition) is 6. The summed E-state index contributed by atoms with van der Waals surface area (Å²) in [5, 5.41) is 0. The Kier molecular flexibility index (Phi) is 7.02. The average molecular weight is 453 g/mol. The summed E-state index contributed by atoms with van der Waals surface area (Å²) in [7, 11) is 1.66. The van der Waals surface area contributed by atoms with Crippen LogP contribution in [0.2, 0.25) is 0 Å². The van der Waals surface area contributed by atoms with Gasteiger partial charge >= 0.3 is 5.97 Å². The van der Waals surface area contributed by atoms with Crippen LogP contribution in [0.25, 0.3) is 16.6 Å². The fourth-order valence-electron chi connectivity index (χ4n) is 4.38. The number of methoxy groups -OCH3 is 1. The van der Waals surface area contributed by atoms with Gasteiger partial charge in [0.2, 0.25) is 0 Å². The average Bonchev–Trinajstić information content (AvgIpc) is 3.26. The first-order valence-electron chi connectivity index (χ1n) is 11.4. The molecule has 1 unspecified atom stereocenters. The van der Waals surface area contributed by atoms with E-state index in [0.717, 1.165) is 46.7 Å². The van der Waals surface area contributed by atoms with Gasteiger partial charge in [0.25, 0.3) is 0 Å². The molecule has 7 nitrogen and oxygen atoms in total. The van der Waals surface area contributed by atoms with Gasteiger partial charge in [0.1, 0.15) is 5.75 Å². The summed E-state index contributed by atoms with van der Waals surface area (Å²) in [6.45, 7) is 10.9. The van der Waals surface area contributed by atoms with Crippen LogP contribution >= 0.6 is 0 Å². The third-order valence-corrected chi connectivity index (χ3v) is 6.12. The van der Waals surface area contributed by atoms with Crippen molar-refractivity contribution in [2.24, 2.45) is 0 Å². The Labute approximate surface area is 194 Å². The topological polar surface area (TPSA) is 61.6 Å². The van der Waals surface area contributed by atoms with E-state index in [2.05, 4.69) is 34.6 Å². The number of morpholine rings is 1. The molecule has 0 spiro atoms. The second-order valence-electron chi connectivity index (χ2n) is 8.66. The zero-order valence-corrected chi connectivity index (χ0v) is 20.0. The lowest BCUT2D eigenvalue weighted by Gasteiger charge is -2.34. The molecule has 7 heteroatoms. The molecule has 2 aromatic heterocycles. The maximum absolute atomic E-state index is 12.9. The molecule has 3 aromatic rings. The molecule has 0 saturated carbocycles. The molecule has 1 atom stereocenters. The third-order valence-electron chi connectivity index (χ3n) is 6.12. The van der Waals surface area contributed by atoms with Crippen molar-refractivity contribution in [2.75, 3.05) is 33.4 Å². The number of carbonyl (C=O) groups is 1. The smallest absolute Gasteiger partial charge is 0.373 e. The number of ether oxygens (including phenoxy) is 2. The van der Waals surface area contributed by atoms with Crippen molar-refractivity contribution < 1.29 is 24.0 Å². The Balaban J connectivity index is 1.84. The van der Waals surface area contributed by atoms with Crippen LogP contribution in [0.15, 0.2) is 42.6 Å². The molecule has 0 amide bonds. The maximum atomic E-state index is 12.9. The van der Waals surface area contributed by atoms with Crippen molar-refractivity contribution in [2.45, 2.75) is 39.8 Å². The third kappa shape index (κ3) is 4.90. The number of aromatic nitrogens is 1. The molecule has 33 heavy (non-hydrogen) atoms. The van der Waals surface area contributed by atoms with Crippen LogP contribution in [0, 0.1) is 6.92 Å². The standard InChI is InChI=1S/C26H32N2O5/c1-17(2)32-33-26(29)24-15-22-13-21(20-7-6-8-23(14-20)30-5)16-28(22)25(18(24)3)19(4)27-9-11-31-12-10-27/h6-8,13-17,19H,9-12H2,1-5H3. The largest absolute Gasteiger partial charge is 0.497 e. The summed E-state index contributed by atoms with van der Waals surface area (Å²) in [5.41, 5.74) is 5.46. The highest BCUT2D eigenvalue weighted by atomic mass is 17.2. The van der Waals surface area contributed by atoms with Crippen LogP contribution in [0.3, 0.4) is 0 Å². The van der Waals surface area contributed by atoms with Gasteiger partial charge in [-0.1, -0.05) is 12.1 Å². The minimum atomic E-state index is -0.483. The lowest BCUT2D eigenvalue weighted by atomic mass is 10.0. The monoisotopic (exact) mass is 452 g/mol. The van der Waals surface area contributed by atoms with E-state index in [4.69, 9.17) is 19.2 Å². The molecule has 0 aliphatic carbocycles. The van der Waals surface area contributed by atoms with Crippen molar-refractivity contribution in [3.63, 3.8) is 0 Å². The van der Waals surface area contributed by atoms with E-state index in [1.165, 1.54) is 0 Å². The predicted octanol–water partition coefficient (Wildman–Crippen LogP) is 4.81. The van der Waals surface area contributed by atoms with Gasteiger partial charge in [-0.05, 0) is 63.1 Å².